The highest BCUT2D eigenvalue weighted by Crippen LogP contribution is 2.41. The van der Waals surface area contributed by atoms with Crippen molar-refractivity contribution in [2.75, 3.05) is 19.6 Å². The van der Waals surface area contributed by atoms with Crippen molar-refractivity contribution in [3.8, 4) is 0 Å². The van der Waals surface area contributed by atoms with E-state index in [9.17, 15) is 9.90 Å². The fourth-order valence-corrected chi connectivity index (χ4v) is 3.54. The largest absolute Gasteiger partial charge is 0.392 e. The van der Waals surface area contributed by atoms with Crippen LogP contribution in [0, 0.1) is 5.92 Å². The third-order valence-corrected chi connectivity index (χ3v) is 5.28. The van der Waals surface area contributed by atoms with Gasteiger partial charge in [0.25, 0.3) is 0 Å². The topological polar surface area (TPSA) is 52.6 Å². The van der Waals surface area contributed by atoms with Crippen LogP contribution in [0.25, 0.3) is 0 Å². The summed E-state index contributed by atoms with van der Waals surface area (Å²) >= 11 is 0. The van der Waals surface area contributed by atoms with Gasteiger partial charge in [-0.25, -0.2) is 0 Å². The predicted molar refractivity (Wildman–Crippen MR) is 86.3 cm³/mol. The van der Waals surface area contributed by atoms with E-state index in [1.165, 1.54) is 5.56 Å². The van der Waals surface area contributed by atoms with Gasteiger partial charge in [0.15, 0.2) is 0 Å². The lowest BCUT2D eigenvalue weighted by Gasteiger charge is -2.44. The Morgan fingerprint density at radius 1 is 1.36 bits per heavy atom. The maximum atomic E-state index is 12.4. The average Bonchev–Trinajstić information content (AvgIpc) is 2.48. The fourth-order valence-electron chi connectivity index (χ4n) is 3.54. The Balaban J connectivity index is 1.59. The van der Waals surface area contributed by atoms with Crippen molar-refractivity contribution in [3.63, 3.8) is 0 Å². The lowest BCUT2D eigenvalue weighted by Crippen LogP contribution is -2.54. The third-order valence-electron chi connectivity index (χ3n) is 5.28. The SMILES string of the molecule is CC1CCN(CC(=O)NC2(c3ccccc3)CCC2)CC1O. The molecule has 1 amide bonds. The highest BCUT2D eigenvalue weighted by atomic mass is 16.3. The van der Waals surface area contributed by atoms with Crippen LogP contribution in [0.5, 0.6) is 0 Å². The molecule has 3 rings (SSSR count). The van der Waals surface area contributed by atoms with E-state index in [1.807, 2.05) is 18.2 Å². The fraction of sp³-hybridized carbons (Fsp3) is 0.611. The van der Waals surface area contributed by atoms with E-state index < -0.39 is 0 Å². The number of amides is 1. The molecule has 1 heterocycles. The van der Waals surface area contributed by atoms with E-state index in [0.29, 0.717) is 19.0 Å². The van der Waals surface area contributed by atoms with E-state index >= 15 is 0 Å². The number of aliphatic hydroxyl groups excluding tert-OH is 1. The van der Waals surface area contributed by atoms with Gasteiger partial charge >= 0.3 is 0 Å². The summed E-state index contributed by atoms with van der Waals surface area (Å²) in [4.78, 5) is 14.5. The number of nitrogens with one attached hydrogen (secondary N) is 1. The molecule has 1 aliphatic heterocycles. The van der Waals surface area contributed by atoms with Gasteiger partial charge in [-0.05, 0) is 43.7 Å². The minimum Gasteiger partial charge on any atom is -0.392 e. The zero-order valence-corrected chi connectivity index (χ0v) is 13.3. The van der Waals surface area contributed by atoms with Crippen LogP contribution in [-0.4, -0.2) is 41.7 Å². The van der Waals surface area contributed by atoms with Crippen molar-refractivity contribution in [2.45, 2.75) is 44.2 Å². The molecule has 0 aromatic heterocycles. The standard InChI is InChI=1S/C18H26N2O2/c1-14-8-11-20(12-16(14)21)13-17(22)19-18(9-5-10-18)15-6-3-2-4-7-15/h2-4,6-7,14,16,21H,5,8-13H2,1H3,(H,19,22). The van der Waals surface area contributed by atoms with Crippen molar-refractivity contribution in [1.29, 1.82) is 0 Å². The molecule has 2 atom stereocenters. The molecule has 1 aromatic rings. The molecular weight excluding hydrogens is 276 g/mol. The van der Waals surface area contributed by atoms with Crippen molar-refractivity contribution in [2.24, 2.45) is 5.92 Å². The summed E-state index contributed by atoms with van der Waals surface area (Å²) in [6.07, 6.45) is 3.84. The predicted octanol–water partition coefficient (Wildman–Crippen LogP) is 1.88. The monoisotopic (exact) mass is 302 g/mol. The molecule has 0 radical (unpaired) electrons. The van der Waals surface area contributed by atoms with E-state index in [0.717, 1.165) is 32.2 Å². The second-order valence-corrected chi connectivity index (χ2v) is 6.92. The summed E-state index contributed by atoms with van der Waals surface area (Å²) in [5, 5.41) is 13.2. The first kappa shape index (κ1) is 15.5. The van der Waals surface area contributed by atoms with Gasteiger partial charge in [0, 0.05) is 6.54 Å². The molecule has 2 fully saturated rings. The first-order valence-corrected chi connectivity index (χ1v) is 8.36. The summed E-state index contributed by atoms with van der Waals surface area (Å²) in [6.45, 7) is 3.95. The number of hydrogen-bond donors (Lipinski definition) is 2. The summed E-state index contributed by atoms with van der Waals surface area (Å²) in [5.41, 5.74) is 1.04. The normalized spacial score (nSPS) is 27.9. The number of carbonyl (C=O) groups excluding carboxylic acids is 1. The summed E-state index contributed by atoms with van der Waals surface area (Å²) in [7, 11) is 0. The van der Waals surface area contributed by atoms with Gasteiger partial charge in [0.2, 0.25) is 5.91 Å². The highest BCUT2D eigenvalue weighted by molar-refractivity contribution is 5.79. The van der Waals surface area contributed by atoms with Gasteiger partial charge in [-0.2, -0.15) is 0 Å². The molecule has 2 N–H and O–H groups in total. The Kier molecular flexibility index (Phi) is 4.50. The van der Waals surface area contributed by atoms with E-state index in [-0.39, 0.29) is 17.6 Å². The smallest absolute Gasteiger partial charge is 0.234 e. The molecule has 1 saturated carbocycles. The highest BCUT2D eigenvalue weighted by Gasteiger charge is 2.40. The minimum atomic E-state index is -0.312. The Labute approximate surface area is 132 Å². The van der Waals surface area contributed by atoms with Crippen LogP contribution in [0.3, 0.4) is 0 Å². The van der Waals surface area contributed by atoms with Crippen molar-refractivity contribution in [1.82, 2.24) is 10.2 Å². The number of rotatable bonds is 4. The quantitative estimate of drug-likeness (QED) is 0.893. The maximum Gasteiger partial charge on any atom is 0.234 e. The number of β-amino-alcohol motifs (C(OH)–C–C–N with tert-alkyl or cyclic N) is 1. The van der Waals surface area contributed by atoms with Crippen molar-refractivity contribution < 1.29 is 9.90 Å². The van der Waals surface area contributed by atoms with Gasteiger partial charge < -0.3 is 10.4 Å². The maximum absolute atomic E-state index is 12.4. The molecule has 120 valence electrons. The van der Waals surface area contributed by atoms with Crippen molar-refractivity contribution >= 4 is 5.91 Å². The first-order valence-electron chi connectivity index (χ1n) is 8.36. The van der Waals surface area contributed by atoms with E-state index in [2.05, 4.69) is 29.3 Å². The first-order chi connectivity index (χ1) is 10.6. The molecule has 1 saturated heterocycles. The average molecular weight is 302 g/mol. The molecular formula is C18H26N2O2. The van der Waals surface area contributed by atoms with Gasteiger partial charge in [0.05, 0.1) is 18.2 Å². The second kappa shape index (κ2) is 6.39. The summed E-state index contributed by atoms with van der Waals surface area (Å²) in [5.74, 6) is 0.409. The number of piperidine rings is 1. The van der Waals surface area contributed by atoms with E-state index in [1.54, 1.807) is 0 Å². The lowest BCUT2D eigenvalue weighted by atomic mass is 9.72. The van der Waals surface area contributed by atoms with Crippen LogP contribution in [0.15, 0.2) is 30.3 Å². The number of hydrogen-bond acceptors (Lipinski definition) is 3. The summed E-state index contributed by atoms with van der Waals surface area (Å²) < 4.78 is 0. The number of carbonyl (C=O) groups is 1. The van der Waals surface area contributed by atoms with Crippen LogP contribution < -0.4 is 5.32 Å². The van der Waals surface area contributed by atoms with Crippen molar-refractivity contribution in [3.05, 3.63) is 35.9 Å². The number of benzene rings is 1. The second-order valence-electron chi connectivity index (χ2n) is 6.92. The molecule has 22 heavy (non-hydrogen) atoms. The van der Waals surface area contributed by atoms with Crippen LogP contribution in [0.1, 0.15) is 38.2 Å². The number of aliphatic hydroxyl groups is 1. The van der Waals surface area contributed by atoms with Gasteiger partial charge in [0.1, 0.15) is 0 Å². The van der Waals surface area contributed by atoms with Crippen LogP contribution >= 0.6 is 0 Å². The van der Waals surface area contributed by atoms with Crippen LogP contribution in [0.4, 0.5) is 0 Å². The Morgan fingerprint density at radius 2 is 2.09 bits per heavy atom. The molecule has 2 unspecified atom stereocenters. The summed E-state index contributed by atoms with van der Waals surface area (Å²) in [6, 6.07) is 10.3. The van der Waals surface area contributed by atoms with Gasteiger partial charge in [-0.3, -0.25) is 9.69 Å². The third kappa shape index (κ3) is 3.18. The molecule has 4 nitrogen and oxygen atoms in total. The number of likely N-dealkylation sites (tertiary alicyclic amines) is 1. The minimum absolute atomic E-state index is 0.0744. The Morgan fingerprint density at radius 3 is 2.68 bits per heavy atom. The van der Waals surface area contributed by atoms with Gasteiger partial charge in [-0.15, -0.1) is 0 Å². The number of nitrogens with zero attached hydrogens (tertiary/aromatic N) is 1. The lowest BCUT2D eigenvalue weighted by molar-refractivity contribution is -0.126. The molecule has 0 spiro atoms. The molecule has 0 bridgehead atoms. The zero-order valence-electron chi connectivity index (χ0n) is 13.3. The van der Waals surface area contributed by atoms with E-state index in [4.69, 9.17) is 0 Å². The zero-order chi connectivity index (χ0) is 15.6. The Bertz CT molecular complexity index is 513. The molecule has 4 heteroatoms. The molecule has 2 aliphatic rings. The van der Waals surface area contributed by atoms with Gasteiger partial charge in [-0.1, -0.05) is 37.3 Å². The molecule has 1 aliphatic carbocycles. The van der Waals surface area contributed by atoms with Crippen LogP contribution in [-0.2, 0) is 10.3 Å². The van der Waals surface area contributed by atoms with Crippen LogP contribution in [0.2, 0.25) is 0 Å². The molecule has 1 aromatic carbocycles. The Hall–Kier alpha value is -1.39.